The Bertz CT molecular complexity index is 740. The molecule has 5 nitrogen and oxygen atoms in total. The van der Waals surface area contributed by atoms with Gasteiger partial charge in [-0.2, -0.15) is 5.10 Å². The number of hydrogen-bond acceptors (Lipinski definition) is 3. The van der Waals surface area contributed by atoms with Crippen molar-refractivity contribution in [3.63, 3.8) is 0 Å². The largest absolute Gasteiger partial charge is 0.315 e. The van der Waals surface area contributed by atoms with E-state index in [1.54, 1.807) is 4.90 Å². The van der Waals surface area contributed by atoms with E-state index in [0.717, 1.165) is 29.8 Å². The molecule has 3 aliphatic rings. The topological polar surface area (TPSA) is 61.8 Å². The van der Waals surface area contributed by atoms with E-state index in [0.29, 0.717) is 0 Å². The molecular weight excluding hydrogens is 290 g/mol. The van der Waals surface area contributed by atoms with E-state index in [4.69, 9.17) is 0 Å². The number of amides is 2. The summed E-state index contributed by atoms with van der Waals surface area (Å²) in [6, 6.07) is 6.19. The standard InChI is InChI=1S/C18H21N3O2/c1-9-10(2)18(23)21(3)15-7-4-11(8-14(9)15)16-12-5-6-13(12)17(22)20-19-16/h4,7-10,12-13H,5-6H2,1-3H3,(H,20,22). The van der Waals surface area contributed by atoms with Gasteiger partial charge in [-0.1, -0.05) is 19.9 Å². The Hall–Kier alpha value is -2.17. The molecule has 1 fully saturated rings. The van der Waals surface area contributed by atoms with Crippen LogP contribution in [-0.2, 0) is 9.59 Å². The van der Waals surface area contributed by atoms with Crippen LogP contribution in [0.3, 0.4) is 0 Å². The fraction of sp³-hybridized carbons (Fsp3) is 0.500. The van der Waals surface area contributed by atoms with Gasteiger partial charge in [-0.15, -0.1) is 0 Å². The van der Waals surface area contributed by atoms with Gasteiger partial charge >= 0.3 is 0 Å². The summed E-state index contributed by atoms with van der Waals surface area (Å²) < 4.78 is 0. The lowest BCUT2D eigenvalue weighted by Crippen LogP contribution is -2.48. The number of carbonyl (C=O) groups excluding carboxylic acids is 2. The summed E-state index contributed by atoms with van der Waals surface area (Å²) >= 11 is 0. The molecule has 5 heteroatoms. The molecule has 4 rings (SSSR count). The van der Waals surface area contributed by atoms with Crippen molar-refractivity contribution in [3.05, 3.63) is 29.3 Å². The third-order valence-corrected chi connectivity index (χ3v) is 5.89. The molecule has 1 aromatic rings. The average molecular weight is 311 g/mol. The molecule has 23 heavy (non-hydrogen) atoms. The van der Waals surface area contributed by atoms with Crippen molar-refractivity contribution >= 4 is 23.2 Å². The van der Waals surface area contributed by atoms with E-state index < -0.39 is 0 Å². The Morgan fingerprint density at radius 2 is 1.87 bits per heavy atom. The highest BCUT2D eigenvalue weighted by molar-refractivity contribution is 6.08. The molecule has 1 saturated carbocycles. The first kappa shape index (κ1) is 14.4. The van der Waals surface area contributed by atoms with Crippen LogP contribution in [0.5, 0.6) is 0 Å². The third-order valence-electron chi connectivity index (χ3n) is 5.89. The minimum atomic E-state index is -0.0211. The molecule has 2 aliphatic heterocycles. The normalized spacial score (nSPS) is 32.5. The molecule has 1 aromatic carbocycles. The first-order chi connectivity index (χ1) is 11.0. The summed E-state index contributed by atoms with van der Waals surface area (Å²) in [4.78, 5) is 25.8. The van der Waals surface area contributed by atoms with Gasteiger partial charge in [0.15, 0.2) is 0 Å². The van der Waals surface area contributed by atoms with Crippen LogP contribution in [-0.4, -0.2) is 24.6 Å². The molecule has 4 unspecified atom stereocenters. The summed E-state index contributed by atoms with van der Waals surface area (Å²) in [5.74, 6) is 0.711. The highest BCUT2D eigenvalue weighted by Crippen LogP contribution is 2.42. The predicted octanol–water partition coefficient (Wildman–Crippen LogP) is 2.26. The van der Waals surface area contributed by atoms with Crippen LogP contribution in [0, 0.1) is 17.8 Å². The Morgan fingerprint density at radius 3 is 2.57 bits per heavy atom. The van der Waals surface area contributed by atoms with Crippen molar-refractivity contribution in [2.75, 3.05) is 11.9 Å². The first-order valence-corrected chi connectivity index (χ1v) is 8.28. The van der Waals surface area contributed by atoms with Crippen molar-refractivity contribution in [1.29, 1.82) is 0 Å². The summed E-state index contributed by atoms with van der Waals surface area (Å²) in [6.07, 6.45) is 1.98. The molecule has 0 bridgehead atoms. The van der Waals surface area contributed by atoms with Gasteiger partial charge < -0.3 is 4.90 Å². The van der Waals surface area contributed by atoms with Gasteiger partial charge in [-0.25, -0.2) is 5.43 Å². The number of benzene rings is 1. The second kappa shape index (κ2) is 4.91. The zero-order valence-electron chi connectivity index (χ0n) is 13.7. The van der Waals surface area contributed by atoms with E-state index >= 15 is 0 Å². The highest BCUT2D eigenvalue weighted by atomic mass is 16.2. The second-order valence-electron chi connectivity index (χ2n) is 7.01. The van der Waals surface area contributed by atoms with Crippen LogP contribution in [0.4, 0.5) is 5.69 Å². The van der Waals surface area contributed by atoms with E-state index in [-0.39, 0.29) is 35.5 Å². The fourth-order valence-electron chi connectivity index (χ4n) is 3.99. The number of fused-ring (bicyclic) bond motifs is 2. The monoisotopic (exact) mass is 311 g/mol. The van der Waals surface area contributed by atoms with E-state index in [2.05, 4.69) is 23.5 Å². The molecule has 2 heterocycles. The van der Waals surface area contributed by atoms with E-state index in [1.165, 1.54) is 5.56 Å². The molecule has 2 amide bonds. The number of nitrogens with one attached hydrogen (secondary N) is 1. The number of rotatable bonds is 1. The number of hydrogen-bond donors (Lipinski definition) is 1. The number of anilines is 1. The zero-order chi connectivity index (χ0) is 16.3. The lowest BCUT2D eigenvalue weighted by Gasteiger charge is -2.39. The molecule has 0 radical (unpaired) electrons. The summed E-state index contributed by atoms with van der Waals surface area (Å²) in [5.41, 5.74) is 6.89. The number of nitrogens with zero attached hydrogens (tertiary/aromatic N) is 2. The van der Waals surface area contributed by atoms with Gasteiger partial charge in [0.2, 0.25) is 11.8 Å². The van der Waals surface area contributed by atoms with E-state index in [9.17, 15) is 9.59 Å². The summed E-state index contributed by atoms with van der Waals surface area (Å²) in [6.45, 7) is 4.09. The number of carbonyl (C=O) groups is 2. The van der Waals surface area contributed by atoms with Gasteiger partial charge in [-0.05, 0) is 42.0 Å². The minimum Gasteiger partial charge on any atom is -0.315 e. The SMILES string of the molecule is CC1C(=O)N(C)c2ccc(C3=NNC(=O)C4CCC34)cc2C1C. The summed E-state index contributed by atoms with van der Waals surface area (Å²) in [7, 11) is 1.84. The van der Waals surface area contributed by atoms with Crippen molar-refractivity contribution in [2.45, 2.75) is 32.6 Å². The van der Waals surface area contributed by atoms with Crippen molar-refractivity contribution < 1.29 is 9.59 Å². The maximum Gasteiger partial charge on any atom is 0.243 e. The third kappa shape index (κ3) is 1.95. The molecule has 4 atom stereocenters. The fourth-order valence-corrected chi connectivity index (χ4v) is 3.99. The van der Waals surface area contributed by atoms with Gasteiger partial charge in [0.25, 0.3) is 0 Å². The molecule has 120 valence electrons. The average Bonchev–Trinajstić information content (AvgIpc) is 2.52. The lowest BCUT2D eigenvalue weighted by molar-refractivity contribution is -0.129. The van der Waals surface area contributed by atoms with Crippen LogP contribution in [0.2, 0.25) is 0 Å². The molecule has 1 aliphatic carbocycles. The minimum absolute atomic E-state index is 0.0211. The zero-order valence-corrected chi connectivity index (χ0v) is 13.7. The van der Waals surface area contributed by atoms with Crippen molar-refractivity contribution in [3.8, 4) is 0 Å². The first-order valence-electron chi connectivity index (χ1n) is 8.28. The molecular formula is C18H21N3O2. The van der Waals surface area contributed by atoms with Crippen LogP contribution >= 0.6 is 0 Å². The predicted molar refractivity (Wildman–Crippen MR) is 88.3 cm³/mol. The Labute approximate surface area is 135 Å². The maximum absolute atomic E-state index is 12.3. The lowest BCUT2D eigenvalue weighted by atomic mass is 9.68. The highest BCUT2D eigenvalue weighted by Gasteiger charge is 2.43. The molecule has 0 spiro atoms. The molecule has 0 saturated heterocycles. The van der Waals surface area contributed by atoms with Gasteiger partial charge in [0.05, 0.1) is 5.71 Å². The maximum atomic E-state index is 12.3. The Balaban J connectivity index is 1.76. The van der Waals surface area contributed by atoms with Crippen LogP contribution in [0.15, 0.2) is 23.3 Å². The Morgan fingerprint density at radius 1 is 1.13 bits per heavy atom. The van der Waals surface area contributed by atoms with Gasteiger partial charge in [0, 0.05) is 30.5 Å². The van der Waals surface area contributed by atoms with Crippen molar-refractivity contribution in [1.82, 2.24) is 5.43 Å². The van der Waals surface area contributed by atoms with Crippen LogP contribution in [0.25, 0.3) is 0 Å². The van der Waals surface area contributed by atoms with Crippen molar-refractivity contribution in [2.24, 2.45) is 22.9 Å². The van der Waals surface area contributed by atoms with Gasteiger partial charge in [-0.3, -0.25) is 9.59 Å². The number of hydrazone groups is 1. The summed E-state index contributed by atoms with van der Waals surface area (Å²) in [5, 5.41) is 4.33. The second-order valence-corrected chi connectivity index (χ2v) is 7.01. The van der Waals surface area contributed by atoms with Crippen LogP contribution < -0.4 is 10.3 Å². The van der Waals surface area contributed by atoms with Gasteiger partial charge in [0.1, 0.15) is 0 Å². The molecule has 1 N–H and O–H groups in total. The van der Waals surface area contributed by atoms with Crippen LogP contribution in [0.1, 0.15) is 43.7 Å². The Kier molecular flexibility index (Phi) is 3.08. The van der Waals surface area contributed by atoms with E-state index in [1.807, 2.05) is 26.1 Å². The molecule has 0 aromatic heterocycles. The quantitative estimate of drug-likeness (QED) is 0.865. The smallest absolute Gasteiger partial charge is 0.243 e.